The summed E-state index contributed by atoms with van der Waals surface area (Å²) in [6, 6.07) is 1.85. The number of fused-ring (bicyclic) bond motifs is 1. The van der Waals surface area contributed by atoms with Gasteiger partial charge in [-0.15, -0.1) is 5.10 Å². The standard InChI is InChI=1S/C14H13N5/c15-12-9-11(13-14(16-12)18-19-17-13)8-10-6-4-2-1-3-5-7-10/h1-7,9H,8H2,(H3,15,16,17,18,19)/b2-1-,3-1?,4-2?,5-3-,6-4?,7-5?,10-6?,10-7?. The summed E-state index contributed by atoms with van der Waals surface area (Å²) in [5.74, 6) is 0.460. The Hall–Kier alpha value is -2.69. The Morgan fingerprint density at radius 2 is 1.89 bits per heavy atom. The molecule has 1 aliphatic carbocycles. The van der Waals surface area contributed by atoms with Crippen molar-refractivity contribution >= 4 is 17.0 Å². The molecule has 1 aliphatic rings. The lowest BCUT2D eigenvalue weighted by Gasteiger charge is -2.04. The van der Waals surface area contributed by atoms with Crippen molar-refractivity contribution in [1.82, 2.24) is 20.4 Å². The molecule has 5 nitrogen and oxygen atoms in total. The monoisotopic (exact) mass is 251 g/mol. The topological polar surface area (TPSA) is 80.5 Å². The summed E-state index contributed by atoms with van der Waals surface area (Å²) in [4.78, 5) is 4.13. The second kappa shape index (κ2) is 4.89. The fourth-order valence-corrected chi connectivity index (χ4v) is 2.00. The van der Waals surface area contributed by atoms with Gasteiger partial charge in [-0.25, -0.2) is 4.98 Å². The largest absolute Gasteiger partial charge is 0.384 e. The van der Waals surface area contributed by atoms with Gasteiger partial charge in [0.1, 0.15) is 11.3 Å². The van der Waals surface area contributed by atoms with Gasteiger partial charge < -0.3 is 5.73 Å². The number of nitrogens with one attached hydrogen (secondary N) is 1. The molecule has 2 aromatic heterocycles. The summed E-state index contributed by atoms with van der Waals surface area (Å²) in [7, 11) is 0. The number of nitrogen functional groups attached to an aromatic ring is 1. The molecule has 0 aliphatic heterocycles. The van der Waals surface area contributed by atoms with E-state index in [4.69, 9.17) is 5.73 Å². The third-order valence-corrected chi connectivity index (χ3v) is 2.85. The SMILES string of the molecule is Nc1cc(CC2=C/C=C\C=C/C=C2)c2n[nH]nc2n1. The van der Waals surface area contributed by atoms with Crippen LogP contribution in [0.1, 0.15) is 5.56 Å². The number of aromatic nitrogens is 4. The first-order valence-electron chi connectivity index (χ1n) is 5.99. The van der Waals surface area contributed by atoms with E-state index in [0.29, 0.717) is 11.5 Å². The molecule has 0 bridgehead atoms. The Labute approximate surface area is 110 Å². The molecule has 3 rings (SSSR count). The second-order valence-electron chi connectivity index (χ2n) is 4.25. The summed E-state index contributed by atoms with van der Waals surface area (Å²) in [5, 5.41) is 10.7. The van der Waals surface area contributed by atoms with E-state index in [1.807, 2.05) is 36.4 Å². The number of anilines is 1. The maximum absolute atomic E-state index is 5.79. The van der Waals surface area contributed by atoms with Crippen molar-refractivity contribution in [3.05, 3.63) is 59.7 Å². The van der Waals surface area contributed by atoms with Crippen LogP contribution in [0.3, 0.4) is 0 Å². The van der Waals surface area contributed by atoms with Crippen LogP contribution in [0.15, 0.2) is 54.2 Å². The zero-order valence-electron chi connectivity index (χ0n) is 10.2. The number of hydrogen-bond donors (Lipinski definition) is 2. The van der Waals surface area contributed by atoms with E-state index in [9.17, 15) is 0 Å². The Morgan fingerprint density at radius 1 is 1.05 bits per heavy atom. The third-order valence-electron chi connectivity index (χ3n) is 2.85. The van der Waals surface area contributed by atoms with Crippen molar-refractivity contribution in [3.63, 3.8) is 0 Å². The highest BCUT2D eigenvalue weighted by molar-refractivity contribution is 5.76. The van der Waals surface area contributed by atoms with Crippen LogP contribution in [0.2, 0.25) is 0 Å². The maximum atomic E-state index is 5.79. The van der Waals surface area contributed by atoms with Crippen LogP contribution in [0.25, 0.3) is 11.2 Å². The molecule has 2 heterocycles. The van der Waals surface area contributed by atoms with E-state index in [0.717, 1.165) is 17.5 Å². The van der Waals surface area contributed by atoms with E-state index >= 15 is 0 Å². The number of hydrogen-bond acceptors (Lipinski definition) is 4. The highest BCUT2D eigenvalue weighted by Crippen LogP contribution is 2.19. The lowest BCUT2D eigenvalue weighted by atomic mass is 10.0. The van der Waals surface area contributed by atoms with Crippen molar-refractivity contribution in [1.29, 1.82) is 0 Å². The summed E-state index contributed by atoms with van der Waals surface area (Å²) in [6.45, 7) is 0. The number of pyridine rings is 1. The van der Waals surface area contributed by atoms with Crippen LogP contribution in [0, 0.1) is 0 Å². The average molecular weight is 251 g/mol. The van der Waals surface area contributed by atoms with Gasteiger partial charge in [0, 0.05) is 0 Å². The molecule has 0 saturated carbocycles. The van der Waals surface area contributed by atoms with Crippen LogP contribution in [0.5, 0.6) is 0 Å². The molecular formula is C14H13N5. The molecule has 0 radical (unpaired) electrons. The molecule has 19 heavy (non-hydrogen) atoms. The summed E-state index contributed by atoms with van der Waals surface area (Å²) < 4.78 is 0. The first kappa shape index (κ1) is 11.4. The zero-order valence-corrected chi connectivity index (χ0v) is 10.2. The van der Waals surface area contributed by atoms with E-state index < -0.39 is 0 Å². The van der Waals surface area contributed by atoms with Gasteiger partial charge in [0.05, 0.1) is 0 Å². The number of nitrogens with two attached hydrogens (primary N) is 1. The highest BCUT2D eigenvalue weighted by Gasteiger charge is 2.09. The Kier molecular flexibility index (Phi) is 2.94. The molecule has 0 fully saturated rings. The fraction of sp³-hybridized carbons (Fsp3) is 0.0714. The Bertz CT molecular complexity index is 719. The molecule has 0 aromatic carbocycles. The number of nitrogens with zero attached hydrogens (tertiary/aromatic N) is 3. The zero-order chi connectivity index (χ0) is 13.1. The predicted octanol–water partition coefficient (Wildman–Crippen LogP) is 2.09. The normalized spacial score (nSPS) is 17.8. The number of allylic oxidation sites excluding steroid dienone is 8. The van der Waals surface area contributed by atoms with Crippen LogP contribution in [-0.4, -0.2) is 20.4 Å². The minimum atomic E-state index is 0.460. The lowest BCUT2D eigenvalue weighted by molar-refractivity contribution is 0.953. The van der Waals surface area contributed by atoms with Crippen LogP contribution >= 0.6 is 0 Å². The molecule has 0 atom stereocenters. The molecule has 3 N–H and O–H groups in total. The molecule has 5 heteroatoms. The summed E-state index contributed by atoms with van der Waals surface area (Å²) >= 11 is 0. The van der Waals surface area contributed by atoms with Gasteiger partial charge in [-0.05, 0) is 23.6 Å². The molecule has 0 saturated heterocycles. The van der Waals surface area contributed by atoms with Crippen molar-refractivity contribution in [2.75, 3.05) is 5.73 Å². The first-order valence-corrected chi connectivity index (χ1v) is 5.99. The van der Waals surface area contributed by atoms with E-state index in [-0.39, 0.29) is 0 Å². The van der Waals surface area contributed by atoms with Gasteiger partial charge in [0.25, 0.3) is 0 Å². The summed E-state index contributed by atoms with van der Waals surface area (Å²) in [6.07, 6.45) is 14.9. The van der Waals surface area contributed by atoms with E-state index in [2.05, 4.69) is 32.5 Å². The second-order valence-corrected chi connectivity index (χ2v) is 4.25. The van der Waals surface area contributed by atoms with Crippen LogP contribution < -0.4 is 5.73 Å². The van der Waals surface area contributed by atoms with Gasteiger partial charge in [-0.1, -0.05) is 42.5 Å². The number of H-pyrrole nitrogens is 1. The molecule has 94 valence electrons. The van der Waals surface area contributed by atoms with Gasteiger partial charge in [-0.3, -0.25) is 0 Å². The highest BCUT2D eigenvalue weighted by atomic mass is 15.3. The van der Waals surface area contributed by atoms with Gasteiger partial charge >= 0.3 is 0 Å². The molecule has 0 spiro atoms. The molecular weight excluding hydrogens is 238 g/mol. The molecule has 0 unspecified atom stereocenters. The minimum absolute atomic E-state index is 0.460. The van der Waals surface area contributed by atoms with Crippen LogP contribution in [-0.2, 0) is 6.42 Å². The predicted molar refractivity (Wildman–Crippen MR) is 75.3 cm³/mol. The van der Waals surface area contributed by atoms with Gasteiger partial charge in [0.2, 0.25) is 5.65 Å². The van der Waals surface area contributed by atoms with Crippen molar-refractivity contribution in [2.45, 2.75) is 6.42 Å². The number of rotatable bonds is 2. The third kappa shape index (κ3) is 2.44. The van der Waals surface area contributed by atoms with Crippen molar-refractivity contribution in [3.8, 4) is 0 Å². The van der Waals surface area contributed by atoms with E-state index in [1.54, 1.807) is 0 Å². The Morgan fingerprint density at radius 3 is 2.84 bits per heavy atom. The lowest BCUT2D eigenvalue weighted by Crippen LogP contribution is -1.96. The number of aromatic amines is 1. The Balaban J connectivity index is 1.99. The minimum Gasteiger partial charge on any atom is -0.384 e. The van der Waals surface area contributed by atoms with E-state index in [1.165, 1.54) is 5.57 Å². The van der Waals surface area contributed by atoms with Crippen LogP contribution in [0.4, 0.5) is 5.82 Å². The molecule has 2 aromatic rings. The summed E-state index contributed by atoms with van der Waals surface area (Å²) in [5.41, 5.74) is 9.31. The maximum Gasteiger partial charge on any atom is 0.203 e. The van der Waals surface area contributed by atoms with Crippen molar-refractivity contribution < 1.29 is 0 Å². The van der Waals surface area contributed by atoms with Crippen molar-refractivity contribution in [2.24, 2.45) is 0 Å². The average Bonchev–Trinajstić information content (AvgIpc) is 2.80. The van der Waals surface area contributed by atoms with Gasteiger partial charge in [-0.2, -0.15) is 10.3 Å². The fourth-order valence-electron chi connectivity index (χ4n) is 2.00. The molecule has 0 amide bonds. The smallest absolute Gasteiger partial charge is 0.203 e. The first-order chi connectivity index (χ1) is 9.33. The van der Waals surface area contributed by atoms with Gasteiger partial charge in [0.15, 0.2) is 0 Å². The quantitative estimate of drug-likeness (QED) is 0.856.